The first kappa shape index (κ1) is 15.7. The summed E-state index contributed by atoms with van der Waals surface area (Å²) in [6.45, 7) is 4.25. The molecule has 2 aliphatic rings. The molecule has 2 heterocycles. The Balaban J connectivity index is 1.78. The lowest BCUT2D eigenvalue weighted by Crippen LogP contribution is -2.65. The maximum absolute atomic E-state index is 6.42. The smallest absolute Gasteiger partial charge is 0.188 e. The summed E-state index contributed by atoms with van der Waals surface area (Å²) in [5.74, 6) is 0.924. The maximum Gasteiger partial charge on any atom is 0.188 e. The Morgan fingerprint density at radius 2 is 2.17 bits per heavy atom. The average Bonchev–Trinajstić information content (AvgIpc) is 2.54. The van der Waals surface area contributed by atoms with E-state index in [9.17, 15) is 0 Å². The van der Waals surface area contributed by atoms with Crippen molar-refractivity contribution in [3.05, 3.63) is 58.6 Å². The van der Waals surface area contributed by atoms with Gasteiger partial charge in [0.1, 0.15) is 5.75 Å². The van der Waals surface area contributed by atoms with Crippen LogP contribution in [0.15, 0.2) is 42.5 Å². The molecule has 3 nitrogen and oxygen atoms in total. The van der Waals surface area contributed by atoms with Crippen molar-refractivity contribution in [3.8, 4) is 5.75 Å². The molecule has 2 atom stereocenters. The minimum atomic E-state index is -0.529. The van der Waals surface area contributed by atoms with Crippen LogP contribution in [0.2, 0.25) is 5.02 Å². The standard InChI is InChI=1S/C19H19ClN2OS/c1-3-12-7-8-17-15(9-12)16-11-19(2,23-17)22(18(24)21-16)14-6-4-5-13(20)10-14/h4-10,16H,3,11H2,1-2H3,(H,21,24)/t16-,19-/m0/s1. The van der Waals surface area contributed by atoms with Crippen LogP contribution in [0.25, 0.3) is 0 Å². The number of nitrogens with one attached hydrogen (secondary N) is 1. The van der Waals surface area contributed by atoms with E-state index in [0.717, 1.165) is 24.3 Å². The molecule has 2 aromatic rings. The van der Waals surface area contributed by atoms with Crippen LogP contribution in [0.5, 0.6) is 5.75 Å². The van der Waals surface area contributed by atoms with Crippen molar-refractivity contribution in [3.63, 3.8) is 0 Å². The van der Waals surface area contributed by atoms with Gasteiger partial charge in [-0.1, -0.05) is 36.7 Å². The molecule has 1 fully saturated rings. The van der Waals surface area contributed by atoms with Gasteiger partial charge in [0.25, 0.3) is 0 Å². The highest BCUT2D eigenvalue weighted by Gasteiger charge is 2.48. The third-order valence-electron chi connectivity index (χ3n) is 4.81. The lowest BCUT2D eigenvalue weighted by atomic mass is 9.89. The quantitative estimate of drug-likeness (QED) is 0.776. The van der Waals surface area contributed by atoms with Crippen LogP contribution in [-0.4, -0.2) is 10.8 Å². The molecule has 124 valence electrons. The molecule has 0 saturated carbocycles. The first-order valence-electron chi connectivity index (χ1n) is 8.18. The van der Waals surface area contributed by atoms with Crippen LogP contribution in [0.1, 0.15) is 37.4 Å². The van der Waals surface area contributed by atoms with Crippen LogP contribution in [0.4, 0.5) is 5.69 Å². The molecule has 0 radical (unpaired) electrons. The Kier molecular flexibility index (Phi) is 3.70. The minimum absolute atomic E-state index is 0.174. The Morgan fingerprint density at radius 3 is 2.92 bits per heavy atom. The number of nitrogens with zero attached hydrogens (tertiary/aromatic N) is 1. The number of anilines is 1. The summed E-state index contributed by atoms with van der Waals surface area (Å²) in [5.41, 5.74) is 2.92. The van der Waals surface area contributed by atoms with E-state index in [0.29, 0.717) is 10.1 Å². The maximum atomic E-state index is 6.42. The number of hydrogen-bond acceptors (Lipinski definition) is 2. The van der Waals surface area contributed by atoms with Crippen molar-refractivity contribution < 1.29 is 4.74 Å². The third-order valence-corrected chi connectivity index (χ3v) is 5.35. The highest BCUT2D eigenvalue weighted by molar-refractivity contribution is 7.80. The Labute approximate surface area is 152 Å². The topological polar surface area (TPSA) is 24.5 Å². The largest absolute Gasteiger partial charge is 0.467 e. The number of fused-ring (bicyclic) bond motifs is 4. The molecule has 1 saturated heterocycles. The van der Waals surface area contributed by atoms with Crippen molar-refractivity contribution in [2.24, 2.45) is 0 Å². The molecule has 4 rings (SSSR count). The van der Waals surface area contributed by atoms with Gasteiger partial charge in [0, 0.05) is 22.7 Å². The highest BCUT2D eigenvalue weighted by atomic mass is 35.5. The number of halogens is 1. The first-order valence-corrected chi connectivity index (χ1v) is 8.97. The van der Waals surface area contributed by atoms with Gasteiger partial charge in [-0.15, -0.1) is 0 Å². The van der Waals surface area contributed by atoms with Crippen LogP contribution in [0.3, 0.4) is 0 Å². The molecule has 0 amide bonds. The van der Waals surface area contributed by atoms with Crippen molar-refractivity contribution in [2.45, 2.75) is 38.5 Å². The molecule has 2 aliphatic heterocycles. The van der Waals surface area contributed by atoms with Gasteiger partial charge in [-0.05, 0) is 55.4 Å². The summed E-state index contributed by atoms with van der Waals surface area (Å²) < 4.78 is 6.42. The average molecular weight is 359 g/mol. The van der Waals surface area contributed by atoms with Gasteiger partial charge in [-0.3, -0.25) is 4.90 Å². The van der Waals surface area contributed by atoms with Gasteiger partial charge in [-0.2, -0.15) is 0 Å². The lowest BCUT2D eigenvalue weighted by Gasteiger charge is -2.52. The molecule has 1 N–H and O–H groups in total. The van der Waals surface area contributed by atoms with Gasteiger partial charge >= 0.3 is 0 Å². The van der Waals surface area contributed by atoms with Crippen molar-refractivity contribution >= 4 is 34.6 Å². The molecule has 24 heavy (non-hydrogen) atoms. The van der Waals surface area contributed by atoms with E-state index in [-0.39, 0.29) is 6.04 Å². The number of benzene rings is 2. The van der Waals surface area contributed by atoms with E-state index in [4.69, 9.17) is 28.6 Å². The van der Waals surface area contributed by atoms with Crippen LogP contribution >= 0.6 is 23.8 Å². The molecule has 2 bridgehead atoms. The monoisotopic (exact) mass is 358 g/mol. The number of ether oxygens (including phenoxy) is 1. The molecule has 0 unspecified atom stereocenters. The Bertz CT molecular complexity index is 825. The molecule has 0 aromatic heterocycles. The number of rotatable bonds is 2. The molecular weight excluding hydrogens is 340 g/mol. The second-order valence-electron chi connectivity index (χ2n) is 6.52. The molecule has 0 spiro atoms. The number of thiocarbonyl (C=S) groups is 1. The zero-order chi connectivity index (χ0) is 16.9. The van der Waals surface area contributed by atoms with Gasteiger partial charge in [0.05, 0.1) is 6.04 Å². The van der Waals surface area contributed by atoms with Gasteiger partial charge < -0.3 is 10.1 Å². The van der Waals surface area contributed by atoms with E-state index in [1.54, 1.807) is 0 Å². The zero-order valence-corrected chi connectivity index (χ0v) is 15.2. The van der Waals surface area contributed by atoms with Crippen molar-refractivity contribution in [2.75, 3.05) is 4.90 Å². The van der Waals surface area contributed by atoms with E-state index < -0.39 is 5.72 Å². The first-order chi connectivity index (χ1) is 11.5. The SMILES string of the molecule is CCc1ccc2c(c1)[C@@H]1C[C@](C)(O2)N(c2cccc(Cl)c2)C(=S)N1. The van der Waals surface area contributed by atoms with Gasteiger partial charge in [-0.25, -0.2) is 0 Å². The van der Waals surface area contributed by atoms with Crippen molar-refractivity contribution in [1.82, 2.24) is 5.32 Å². The lowest BCUT2D eigenvalue weighted by molar-refractivity contribution is 0.0497. The summed E-state index contributed by atoms with van der Waals surface area (Å²) in [6, 6.07) is 14.3. The summed E-state index contributed by atoms with van der Waals surface area (Å²) in [7, 11) is 0. The number of hydrogen-bond donors (Lipinski definition) is 1. The van der Waals surface area contributed by atoms with E-state index in [2.05, 4.69) is 37.4 Å². The van der Waals surface area contributed by atoms with E-state index >= 15 is 0 Å². The fourth-order valence-corrected chi connectivity index (χ4v) is 4.28. The molecule has 2 aromatic carbocycles. The second-order valence-corrected chi connectivity index (χ2v) is 7.35. The summed E-state index contributed by atoms with van der Waals surface area (Å²) in [4.78, 5) is 2.03. The van der Waals surface area contributed by atoms with E-state index in [1.165, 1.54) is 11.1 Å². The molecule has 0 aliphatic carbocycles. The fourth-order valence-electron chi connectivity index (χ4n) is 3.65. The van der Waals surface area contributed by atoms with E-state index in [1.807, 2.05) is 29.2 Å². The van der Waals surface area contributed by atoms with Gasteiger partial charge in [0.2, 0.25) is 0 Å². The summed E-state index contributed by atoms with van der Waals surface area (Å²) in [6.07, 6.45) is 1.83. The number of aryl methyl sites for hydroxylation is 1. The fraction of sp³-hybridized carbons (Fsp3) is 0.316. The second kappa shape index (κ2) is 5.64. The van der Waals surface area contributed by atoms with Crippen molar-refractivity contribution in [1.29, 1.82) is 0 Å². The Morgan fingerprint density at radius 1 is 1.33 bits per heavy atom. The zero-order valence-electron chi connectivity index (χ0n) is 13.7. The third kappa shape index (κ3) is 2.45. The molecule has 5 heteroatoms. The van der Waals surface area contributed by atoms with Gasteiger partial charge in [0.15, 0.2) is 10.8 Å². The predicted molar refractivity (Wildman–Crippen MR) is 102 cm³/mol. The summed E-state index contributed by atoms with van der Waals surface area (Å²) >= 11 is 11.8. The highest BCUT2D eigenvalue weighted by Crippen LogP contribution is 2.46. The predicted octanol–water partition coefficient (Wildman–Crippen LogP) is 4.84. The van der Waals surface area contributed by atoms with Crippen LogP contribution in [0, 0.1) is 0 Å². The Hall–Kier alpha value is -1.78. The van der Waals surface area contributed by atoms with Crippen LogP contribution in [-0.2, 0) is 6.42 Å². The molecular formula is C19H19ClN2OS. The normalized spacial score (nSPS) is 24.9. The van der Waals surface area contributed by atoms with Crippen LogP contribution < -0.4 is 15.0 Å². The summed E-state index contributed by atoms with van der Waals surface area (Å²) in [5, 5.41) is 4.84. The minimum Gasteiger partial charge on any atom is -0.467 e.